The third-order valence-electron chi connectivity index (χ3n) is 3.28. The summed E-state index contributed by atoms with van der Waals surface area (Å²) in [6, 6.07) is 0. The predicted octanol–water partition coefficient (Wildman–Crippen LogP) is 3.09. The van der Waals surface area contributed by atoms with E-state index in [0.29, 0.717) is 5.92 Å². The summed E-state index contributed by atoms with van der Waals surface area (Å²) in [4.78, 5) is 8.79. The SMILES string of the molecule is CC(Cl)C(C)c1ncnc2c1CCCC2. The fourth-order valence-electron chi connectivity index (χ4n) is 2.16. The van der Waals surface area contributed by atoms with Crippen LogP contribution in [0.3, 0.4) is 0 Å². The fourth-order valence-corrected chi connectivity index (χ4v) is 2.28. The first kappa shape index (κ1) is 10.9. The van der Waals surface area contributed by atoms with Gasteiger partial charge in [0.25, 0.3) is 0 Å². The molecular weight excluding hydrogens is 208 g/mol. The number of fused-ring (bicyclic) bond motifs is 1. The highest BCUT2D eigenvalue weighted by Gasteiger charge is 2.21. The van der Waals surface area contributed by atoms with E-state index in [1.807, 2.05) is 6.92 Å². The van der Waals surface area contributed by atoms with Gasteiger partial charge in [-0.05, 0) is 38.2 Å². The summed E-state index contributed by atoms with van der Waals surface area (Å²) in [6.07, 6.45) is 6.44. The first-order valence-electron chi connectivity index (χ1n) is 5.67. The lowest BCUT2D eigenvalue weighted by molar-refractivity contribution is 0.624. The summed E-state index contributed by atoms with van der Waals surface area (Å²) >= 11 is 6.14. The molecule has 0 spiro atoms. The Kier molecular flexibility index (Phi) is 3.25. The smallest absolute Gasteiger partial charge is 0.115 e. The van der Waals surface area contributed by atoms with E-state index in [0.717, 1.165) is 12.8 Å². The second-order valence-electron chi connectivity index (χ2n) is 4.36. The molecule has 0 aromatic carbocycles. The van der Waals surface area contributed by atoms with Crippen molar-refractivity contribution in [1.29, 1.82) is 0 Å². The summed E-state index contributed by atoms with van der Waals surface area (Å²) < 4.78 is 0. The average molecular weight is 225 g/mol. The van der Waals surface area contributed by atoms with Crippen molar-refractivity contribution in [3.63, 3.8) is 0 Å². The van der Waals surface area contributed by atoms with Crippen LogP contribution in [0, 0.1) is 0 Å². The van der Waals surface area contributed by atoms with E-state index in [1.54, 1.807) is 6.33 Å². The van der Waals surface area contributed by atoms with Crippen molar-refractivity contribution in [2.75, 3.05) is 0 Å². The van der Waals surface area contributed by atoms with Crippen LogP contribution in [0.25, 0.3) is 0 Å². The Morgan fingerprint density at radius 2 is 1.93 bits per heavy atom. The van der Waals surface area contributed by atoms with Crippen LogP contribution in [0.1, 0.15) is 49.6 Å². The number of aryl methyl sites for hydroxylation is 1. The van der Waals surface area contributed by atoms with Crippen LogP contribution in [-0.2, 0) is 12.8 Å². The lowest BCUT2D eigenvalue weighted by atomic mass is 9.90. The Hall–Kier alpha value is -0.630. The van der Waals surface area contributed by atoms with Crippen molar-refractivity contribution in [1.82, 2.24) is 9.97 Å². The van der Waals surface area contributed by atoms with Gasteiger partial charge in [-0.2, -0.15) is 0 Å². The summed E-state index contributed by atoms with van der Waals surface area (Å²) in [7, 11) is 0. The van der Waals surface area contributed by atoms with Gasteiger partial charge in [0.05, 0.1) is 5.69 Å². The molecule has 0 saturated heterocycles. The van der Waals surface area contributed by atoms with Crippen LogP contribution in [0.4, 0.5) is 0 Å². The minimum atomic E-state index is 0.130. The topological polar surface area (TPSA) is 25.8 Å². The van der Waals surface area contributed by atoms with Gasteiger partial charge in [-0.1, -0.05) is 6.92 Å². The normalized spacial score (nSPS) is 19.4. The van der Waals surface area contributed by atoms with Gasteiger partial charge in [0, 0.05) is 17.0 Å². The van der Waals surface area contributed by atoms with Gasteiger partial charge >= 0.3 is 0 Å². The monoisotopic (exact) mass is 224 g/mol. The Balaban J connectivity index is 2.39. The van der Waals surface area contributed by atoms with Crippen LogP contribution in [0.5, 0.6) is 0 Å². The molecule has 2 rings (SSSR count). The van der Waals surface area contributed by atoms with E-state index in [9.17, 15) is 0 Å². The van der Waals surface area contributed by atoms with Gasteiger partial charge in [0.2, 0.25) is 0 Å². The predicted molar refractivity (Wildman–Crippen MR) is 62.4 cm³/mol. The molecule has 0 N–H and O–H groups in total. The molecule has 0 aliphatic heterocycles. The van der Waals surface area contributed by atoms with Crippen LogP contribution in [-0.4, -0.2) is 15.3 Å². The number of alkyl halides is 1. The van der Waals surface area contributed by atoms with Gasteiger partial charge in [-0.3, -0.25) is 0 Å². The Morgan fingerprint density at radius 1 is 1.20 bits per heavy atom. The number of aromatic nitrogens is 2. The first-order chi connectivity index (χ1) is 7.20. The van der Waals surface area contributed by atoms with E-state index in [2.05, 4.69) is 16.9 Å². The number of nitrogens with zero attached hydrogens (tertiary/aromatic N) is 2. The molecule has 1 aliphatic rings. The highest BCUT2D eigenvalue weighted by Crippen LogP contribution is 2.29. The second-order valence-corrected chi connectivity index (χ2v) is 5.05. The summed E-state index contributed by atoms with van der Waals surface area (Å²) in [6.45, 7) is 4.18. The van der Waals surface area contributed by atoms with Crippen molar-refractivity contribution in [2.24, 2.45) is 0 Å². The summed E-state index contributed by atoms with van der Waals surface area (Å²) in [5.41, 5.74) is 3.78. The minimum Gasteiger partial charge on any atom is -0.241 e. The molecule has 0 bridgehead atoms. The van der Waals surface area contributed by atoms with Crippen molar-refractivity contribution in [2.45, 2.75) is 50.8 Å². The Bertz CT molecular complexity index is 349. The lowest BCUT2D eigenvalue weighted by Crippen LogP contribution is -2.16. The van der Waals surface area contributed by atoms with E-state index in [4.69, 9.17) is 11.6 Å². The zero-order valence-corrected chi connectivity index (χ0v) is 10.1. The van der Waals surface area contributed by atoms with E-state index in [1.165, 1.54) is 29.8 Å². The van der Waals surface area contributed by atoms with Crippen LogP contribution in [0.2, 0.25) is 0 Å². The van der Waals surface area contributed by atoms with Gasteiger partial charge in [0.15, 0.2) is 0 Å². The molecule has 1 aromatic heterocycles. The molecule has 0 saturated carbocycles. The van der Waals surface area contributed by atoms with Gasteiger partial charge < -0.3 is 0 Å². The number of halogens is 1. The van der Waals surface area contributed by atoms with Crippen molar-refractivity contribution in [3.05, 3.63) is 23.3 Å². The highest BCUT2D eigenvalue weighted by atomic mass is 35.5. The highest BCUT2D eigenvalue weighted by molar-refractivity contribution is 6.20. The lowest BCUT2D eigenvalue weighted by Gasteiger charge is -2.21. The van der Waals surface area contributed by atoms with Crippen LogP contribution in [0.15, 0.2) is 6.33 Å². The van der Waals surface area contributed by atoms with E-state index >= 15 is 0 Å². The Morgan fingerprint density at radius 3 is 2.67 bits per heavy atom. The maximum absolute atomic E-state index is 6.14. The molecule has 3 heteroatoms. The number of hydrogen-bond donors (Lipinski definition) is 0. The molecule has 2 atom stereocenters. The molecule has 2 unspecified atom stereocenters. The molecule has 82 valence electrons. The molecule has 0 fully saturated rings. The molecule has 2 nitrogen and oxygen atoms in total. The zero-order chi connectivity index (χ0) is 10.8. The molecular formula is C12H17ClN2. The fraction of sp³-hybridized carbons (Fsp3) is 0.667. The number of hydrogen-bond acceptors (Lipinski definition) is 2. The van der Waals surface area contributed by atoms with Crippen molar-refractivity contribution in [3.8, 4) is 0 Å². The third-order valence-corrected chi connectivity index (χ3v) is 3.66. The van der Waals surface area contributed by atoms with E-state index in [-0.39, 0.29) is 5.38 Å². The standard InChI is InChI=1S/C12H17ClN2/c1-8(9(2)13)12-10-5-3-4-6-11(10)14-7-15-12/h7-9H,3-6H2,1-2H3. The number of rotatable bonds is 2. The van der Waals surface area contributed by atoms with Gasteiger partial charge in [0.1, 0.15) is 6.33 Å². The molecule has 0 radical (unpaired) electrons. The van der Waals surface area contributed by atoms with Gasteiger partial charge in [-0.25, -0.2) is 9.97 Å². The summed E-state index contributed by atoms with van der Waals surface area (Å²) in [5.74, 6) is 0.321. The largest absolute Gasteiger partial charge is 0.241 e. The third kappa shape index (κ3) is 2.15. The molecule has 0 amide bonds. The molecule has 1 aliphatic carbocycles. The molecule has 1 aromatic rings. The van der Waals surface area contributed by atoms with Crippen LogP contribution < -0.4 is 0 Å². The van der Waals surface area contributed by atoms with Crippen molar-refractivity contribution < 1.29 is 0 Å². The van der Waals surface area contributed by atoms with E-state index < -0.39 is 0 Å². The first-order valence-corrected chi connectivity index (χ1v) is 6.10. The molecule has 15 heavy (non-hydrogen) atoms. The maximum atomic E-state index is 6.14. The van der Waals surface area contributed by atoms with Crippen LogP contribution >= 0.6 is 11.6 Å². The zero-order valence-electron chi connectivity index (χ0n) is 9.33. The minimum absolute atomic E-state index is 0.130. The van der Waals surface area contributed by atoms with Crippen molar-refractivity contribution >= 4 is 11.6 Å². The maximum Gasteiger partial charge on any atom is 0.115 e. The average Bonchev–Trinajstić information content (AvgIpc) is 2.27. The van der Waals surface area contributed by atoms with Gasteiger partial charge in [-0.15, -0.1) is 11.6 Å². The quantitative estimate of drug-likeness (QED) is 0.722. The Labute approximate surface area is 96.1 Å². The second kappa shape index (κ2) is 4.48. The molecule has 1 heterocycles. The summed E-state index contributed by atoms with van der Waals surface area (Å²) in [5, 5.41) is 0.130.